The Bertz CT molecular complexity index is 780. The predicted molar refractivity (Wildman–Crippen MR) is 72.8 cm³/mol. The van der Waals surface area contributed by atoms with Crippen molar-refractivity contribution < 1.29 is 13.6 Å². The summed E-state index contributed by atoms with van der Waals surface area (Å²) in [4.78, 5) is 12.3. The van der Waals surface area contributed by atoms with Crippen molar-refractivity contribution in [2.24, 2.45) is 0 Å². The van der Waals surface area contributed by atoms with Gasteiger partial charge in [0, 0.05) is 10.4 Å². The third kappa shape index (κ3) is 2.06. The highest BCUT2D eigenvalue weighted by Crippen LogP contribution is 2.26. The molecule has 3 nitrogen and oxygen atoms in total. The van der Waals surface area contributed by atoms with E-state index in [0.29, 0.717) is 33.4 Å². The number of aryl methyl sites for hydroxylation is 2. The Labute approximate surface area is 114 Å². The van der Waals surface area contributed by atoms with Crippen molar-refractivity contribution >= 4 is 28.4 Å². The Kier molecular flexibility index (Phi) is 2.72. The van der Waals surface area contributed by atoms with Crippen LogP contribution in [0.5, 0.6) is 0 Å². The van der Waals surface area contributed by atoms with Crippen LogP contribution in [0.15, 0.2) is 39.2 Å². The van der Waals surface area contributed by atoms with E-state index in [4.69, 9.17) is 20.4 Å². The summed E-state index contributed by atoms with van der Waals surface area (Å²) in [5.41, 5.74) is 1.17. The van der Waals surface area contributed by atoms with E-state index in [-0.39, 0.29) is 5.78 Å². The number of rotatable bonds is 2. The number of carbonyl (C=O) groups is 1. The van der Waals surface area contributed by atoms with E-state index in [0.717, 1.165) is 5.39 Å². The molecule has 4 heteroatoms. The van der Waals surface area contributed by atoms with Crippen LogP contribution in [-0.2, 0) is 0 Å². The van der Waals surface area contributed by atoms with Gasteiger partial charge in [0.15, 0.2) is 5.76 Å². The van der Waals surface area contributed by atoms with Crippen molar-refractivity contribution in [1.29, 1.82) is 0 Å². The van der Waals surface area contributed by atoms with Gasteiger partial charge in [-0.2, -0.15) is 0 Å². The van der Waals surface area contributed by atoms with Crippen LogP contribution in [0.4, 0.5) is 0 Å². The molecule has 0 atom stereocenters. The third-order valence-corrected chi connectivity index (χ3v) is 3.22. The summed E-state index contributed by atoms with van der Waals surface area (Å²) in [6.45, 7) is 3.57. The van der Waals surface area contributed by atoms with Crippen LogP contribution in [0.3, 0.4) is 0 Å². The molecule has 19 heavy (non-hydrogen) atoms. The van der Waals surface area contributed by atoms with Crippen molar-refractivity contribution in [2.45, 2.75) is 13.8 Å². The molecule has 0 fully saturated rings. The smallest absolute Gasteiger partial charge is 0.231 e. The van der Waals surface area contributed by atoms with Crippen LogP contribution < -0.4 is 0 Å². The van der Waals surface area contributed by atoms with Gasteiger partial charge in [0.25, 0.3) is 0 Å². The predicted octanol–water partition coefficient (Wildman–Crippen LogP) is 4.53. The maximum atomic E-state index is 12.3. The molecule has 2 aromatic heterocycles. The standard InChI is InChI=1S/C15H11ClO3/c1-8-5-12(9(2)18-8)15(17)14-7-10-6-11(16)3-4-13(10)19-14/h3-7H,1-2H3. The molecular formula is C15H11ClO3. The third-order valence-electron chi connectivity index (χ3n) is 2.99. The summed E-state index contributed by atoms with van der Waals surface area (Å²) < 4.78 is 10.9. The van der Waals surface area contributed by atoms with E-state index in [1.807, 2.05) is 6.92 Å². The quantitative estimate of drug-likeness (QED) is 0.645. The van der Waals surface area contributed by atoms with Gasteiger partial charge in [-0.15, -0.1) is 0 Å². The highest BCUT2D eigenvalue weighted by molar-refractivity contribution is 6.31. The molecule has 0 aliphatic rings. The number of fused-ring (bicyclic) bond motifs is 1. The van der Waals surface area contributed by atoms with Gasteiger partial charge in [0.2, 0.25) is 5.78 Å². The Balaban J connectivity index is 2.09. The van der Waals surface area contributed by atoms with Gasteiger partial charge in [-0.05, 0) is 44.2 Å². The Morgan fingerprint density at radius 3 is 2.58 bits per heavy atom. The lowest BCUT2D eigenvalue weighted by Gasteiger charge is -1.93. The van der Waals surface area contributed by atoms with E-state index in [1.165, 1.54) is 0 Å². The molecule has 3 rings (SSSR count). The normalized spacial score (nSPS) is 11.1. The van der Waals surface area contributed by atoms with Crippen LogP contribution in [0, 0.1) is 13.8 Å². The monoisotopic (exact) mass is 274 g/mol. The lowest BCUT2D eigenvalue weighted by molar-refractivity contribution is 0.101. The molecular weight excluding hydrogens is 264 g/mol. The van der Waals surface area contributed by atoms with Gasteiger partial charge in [0.1, 0.15) is 17.1 Å². The fraction of sp³-hybridized carbons (Fsp3) is 0.133. The summed E-state index contributed by atoms with van der Waals surface area (Å²) in [5.74, 6) is 1.42. The number of halogens is 1. The molecule has 0 amide bonds. The molecule has 0 saturated carbocycles. The van der Waals surface area contributed by atoms with E-state index in [9.17, 15) is 4.79 Å². The maximum absolute atomic E-state index is 12.3. The Hall–Kier alpha value is -2.00. The lowest BCUT2D eigenvalue weighted by Crippen LogP contribution is -1.99. The first-order valence-corrected chi connectivity index (χ1v) is 6.23. The molecule has 0 aliphatic heterocycles. The number of furan rings is 2. The van der Waals surface area contributed by atoms with Crippen LogP contribution >= 0.6 is 11.6 Å². The van der Waals surface area contributed by atoms with Crippen LogP contribution in [-0.4, -0.2) is 5.78 Å². The number of hydrogen-bond donors (Lipinski definition) is 0. The number of benzene rings is 1. The molecule has 1 aromatic carbocycles. The summed E-state index contributed by atoms with van der Waals surface area (Å²) in [6.07, 6.45) is 0. The first-order chi connectivity index (χ1) is 9.04. The van der Waals surface area contributed by atoms with E-state index < -0.39 is 0 Å². The average molecular weight is 275 g/mol. The van der Waals surface area contributed by atoms with Gasteiger partial charge < -0.3 is 8.83 Å². The average Bonchev–Trinajstić information content (AvgIpc) is 2.91. The van der Waals surface area contributed by atoms with E-state index in [2.05, 4.69) is 0 Å². The van der Waals surface area contributed by atoms with Crippen molar-refractivity contribution in [3.05, 3.63) is 58.2 Å². The van der Waals surface area contributed by atoms with Crippen LogP contribution in [0.1, 0.15) is 27.6 Å². The number of carbonyl (C=O) groups excluding carboxylic acids is 1. The van der Waals surface area contributed by atoms with Gasteiger partial charge in [-0.25, -0.2) is 0 Å². The minimum absolute atomic E-state index is 0.179. The fourth-order valence-electron chi connectivity index (χ4n) is 2.12. The summed E-state index contributed by atoms with van der Waals surface area (Å²) in [5, 5.41) is 1.43. The maximum Gasteiger partial charge on any atom is 0.231 e. The zero-order valence-electron chi connectivity index (χ0n) is 10.5. The molecule has 3 aromatic rings. The zero-order chi connectivity index (χ0) is 13.6. The summed E-state index contributed by atoms with van der Waals surface area (Å²) >= 11 is 5.91. The number of hydrogen-bond acceptors (Lipinski definition) is 3. The molecule has 0 spiro atoms. The van der Waals surface area contributed by atoms with Crippen LogP contribution in [0.2, 0.25) is 5.02 Å². The molecule has 0 N–H and O–H groups in total. The molecule has 0 bridgehead atoms. The van der Waals surface area contributed by atoms with E-state index >= 15 is 0 Å². The Morgan fingerprint density at radius 1 is 1.11 bits per heavy atom. The molecule has 0 radical (unpaired) electrons. The van der Waals surface area contributed by atoms with Crippen molar-refractivity contribution in [2.75, 3.05) is 0 Å². The first kappa shape index (κ1) is 12.1. The molecule has 2 heterocycles. The van der Waals surface area contributed by atoms with Gasteiger partial charge in [-0.1, -0.05) is 11.6 Å². The number of ketones is 1. The van der Waals surface area contributed by atoms with Gasteiger partial charge in [-0.3, -0.25) is 4.79 Å². The van der Waals surface area contributed by atoms with Crippen LogP contribution in [0.25, 0.3) is 11.0 Å². The summed E-state index contributed by atoms with van der Waals surface area (Å²) in [7, 11) is 0. The highest BCUT2D eigenvalue weighted by Gasteiger charge is 2.19. The molecule has 0 saturated heterocycles. The van der Waals surface area contributed by atoms with Gasteiger partial charge in [0.05, 0.1) is 5.56 Å². The van der Waals surface area contributed by atoms with Crippen molar-refractivity contribution in [3.63, 3.8) is 0 Å². The van der Waals surface area contributed by atoms with Gasteiger partial charge >= 0.3 is 0 Å². The largest absolute Gasteiger partial charge is 0.466 e. The topological polar surface area (TPSA) is 43.4 Å². The van der Waals surface area contributed by atoms with Crippen molar-refractivity contribution in [1.82, 2.24) is 0 Å². The zero-order valence-corrected chi connectivity index (χ0v) is 11.2. The second-order valence-electron chi connectivity index (χ2n) is 4.45. The van der Waals surface area contributed by atoms with E-state index in [1.54, 1.807) is 37.3 Å². The molecule has 0 aliphatic carbocycles. The molecule has 96 valence electrons. The fourth-order valence-corrected chi connectivity index (χ4v) is 2.30. The Morgan fingerprint density at radius 2 is 1.89 bits per heavy atom. The molecule has 0 unspecified atom stereocenters. The lowest BCUT2D eigenvalue weighted by atomic mass is 10.1. The summed E-state index contributed by atoms with van der Waals surface area (Å²) in [6, 6.07) is 8.67. The first-order valence-electron chi connectivity index (χ1n) is 5.85. The second kappa shape index (κ2) is 4.28. The second-order valence-corrected chi connectivity index (χ2v) is 4.89. The minimum Gasteiger partial charge on any atom is -0.466 e. The highest BCUT2D eigenvalue weighted by atomic mass is 35.5. The van der Waals surface area contributed by atoms with Crippen molar-refractivity contribution in [3.8, 4) is 0 Å². The minimum atomic E-state index is -0.179. The SMILES string of the molecule is Cc1cc(C(=O)c2cc3cc(Cl)ccc3o2)c(C)o1.